The third kappa shape index (κ3) is 5.25. The summed E-state index contributed by atoms with van der Waals surface area (Å²) in [5.41, 5.74) is 1.29. The summed E-state index contributed by atoms with van der Waals surface area (Å²) in [5.74, 6) is 0. The number of nitrogens with one attached hydrogen (secondary N) is 1. The predicted octanol–water partition coefficient (Wildman–Crippen LogP) is 2.80. The molecule has 116 valence electrons. The van der Waals surface area contributed by atoms with Crippen LogP contribution in [0, 0.1) is 0 Å². The van der Waals surface area contributed by atoms with Gasteiger partial charge in [-0.1, -0.05) is 27.2 Å². The lowest BCUT2D eigenvalue weighted by Crippen LogP contribution is -2.48. The van der Waals surface area contributed by atoms with Crippen molar-refractivity contribution in [2.75, 3.05) is 13.6 Å². The number of hydrogen-bond donors (Lipinski definition) is 1. The van der Waals surface area contributed by atoms with E-state index in [4.69, 9.17) is 0 Å². The SMILES string of the molecule is CCCNC(CCC)C(CC)N(C)Cc1cnn(C)c1. The molecule has 2 atom stereocenters. The molecular formula is C16H32N4. The summed E-state index contributed by atoms with van der Waals surface area (Å²) < 4.78 is 1.88. The van der Waals surface area contributed by atoms with E-state index < -0.39 is 0 Å². The van der Waals surface area contributed by atoms with Crippen LogP contribution in [0.1, 0.15) is 52.0 Å². The first-order valence-corrected chi connectivity index (χ1v) is 8.03. The number of rotatable bonds is 10. The van der Waals surface area contributed by atoms with Crippen molar-refractivity contribution in [3.8, 4) is 0 Å². The maximum absolute atomic E-state index is 4.26. The van der Waals surface area contributed by atoms with Crippen LogP contribution in [0.15, 0.2) is 12.4 Å². The molecule has 1 aromatic rings. The van der Waals surface area contributed by atoms with Crippen LogP contribution < -0.4 is 5.32 Å². The van der Waals surface area contributed by atoms with Gasteiger partial charge in [-0.3, -0.25) is 9.58 Å². The van der Waals surface area contributed by atoms with Crippen molar-refractivity contribution in [3.05, 3.63) is 18.0 Å². The molecule has 1 heterocycles. The minimum absolute atomic E-state index is 0.585. The van der Waals surface area contributed by atoms with Gasteiger partial charge in [-0.25, -0.2) is 0 Å². The van der Waals surface area contributed by atoms with Gasteiger partial charge >= 0.3 is 0 Å². The van der Waals surface area contributed by atoms with Crippen LogP contribution in [0.4, 0.5) is 0 Å². The zero-order chi connectivity index (χ0) is 15.0. The number of aryl methyl sites for hydroxylation is 1. The number of nitrogens with zero attached hydrogens (tertiary/aromatic N) is 3. The molecule has 0 fully saturated rings. The molecule has 4 nitrogen and oxygen atoms in total. The first-order chi connectivity index (χ1) is 9.62. The van der Waals surface area contributed by atoms with Crippen molar-refractivity contribution < 1.29 is 0 Å². The van der Waals surface area contributed by atoms with E-state index in [0.717, 1.165) is 13.1 Å². The molecule has 0 saturated carbocycles. The van der Waals surface area contributed by atoms with Crippen molar-refractivity contribution >= 4 is 0 Å². The van der Waals surface area contributed by atoms with Gasteiger partial charge in [0.2, 0.25) is 0 Å². The van der Waals surface area contributed by atoms with Gasteiger partial charge in [-0.05, 0) is 32.9 Å². The molecule has 1 rings (SSSR count). The molecule has 0 spiro atoms. The Hall–Kier alpha value is -0.870. The maximum Gasteiger partial charge on any atom is 0.0534 e. The van der Waals surface area contributed by atoms with Gasteiger partial charge < -0.3 is 5.32 Å². The lowest BCUT2D eigenvalue weighted by molar-refractivity contribution is 0.172. The van der Waals surface area contributed by atoms with Crippen molar-refractivity contribution in [2.24, 2.45) is 7.05 Å². The Labute approximate surface area is 124 Å². The average molecular weight is 280 g/mol. The smallest absolute Gasteiger partial charge is 0.0534 e. The topological polar surface area (TPSA) is 33.1 Å². The average Bonchev–Trinajstić information content (AvgIpc) is 2.82. The minimum Gasteiger partial charge on any atom is -0.312 e. The fraction of sp³-hybridized carbons (Fsp3) is 0.812. The highest BCUT2D eigenvalue weighted by Crippen LogP contribution is 2.15. The molecule has 0 radical (unpaired) electrons. The molecule has 4 heteroatoms. The molecule has 0 amide bonds. The summed E-state index contributed by atoms with van der Waals surface area (Å²) in [7, 11) is 4.21. The monoisotopic (exact) mass is 280 g/mol. The van der Waals surface area contributed by atoms with Gasteiger partial charge in [0.1, 0.15) is 0 Å². The fourth-order valence-electron chi connectivity index (χ4n) is 2.93. The van der Waals surface area contributed by atoms with Crippen molar-refractivity contribution in [2.45, 2.75) is 65.1 Å². The highest BCUT2D eigenvalue weighted by Gasteiger charge is 2.22. The van der Waals surface area contributed by atoms with Crippen LogP contribution in [0.5, 0.6) is 0 Å². The second-order valence-corrected chi connectivity index (χ2v) is 5.76. The summed E-state index contributed by atoms with van der Waals surface area (Å²) in [4.78, 5) is 2.47. The van der Waals surface area contributed by atoms with Crippen LogP contribution in [0.2, 0.25) is 0 Å². The molecule has 2 unspecified atom stereocenters. The standard InChI is InChI=1S/C16H32N4/c1-6-9-15(17-10-7-2)16(8-3)19(4)12-14-11-18-20(5)13-14/h11,13,15-17H,6-10,12H2,1-5H3. The van der Waals surface area contributed by atoms with E-state index >= 15 is 0 Å². The zero-order valence-electron chi connectivity index (χ0n) is 13.9. The summed E-state index contributed by atoms with van der Waals surface area (Å²) in [5, 5.41) is 7.99. The van der Waals surface area contributed by atoms with Crippen molar-refractivity contribution in [3.63, 3.8) is 0 Å². The summed E-state index contributed by atoms with van der Waals surface area (Å²) >= 11 is 0. The highest BCUT2D eigenvalue weighted by atomic mass is 15.2. The normalized spacial score (nSPS) is 14.7. The second-order valence-electron chi connectivity index (χ2n) is 5.76. The molecule has 0 aliphatic carbocycles. The third-order valence-electron chi connectivity index (χ3n) is 3.90. The maximum atomic E-state index is 4.26. The van der Waals surface area contributed by atoms with Gasteiger partial charge in [0.25, 0.3) is 0 Å². The lowest BCUT2D eigenvalue weighted by Gasteiger charge is -2.34. The number of aromatic nitrogens is 2. The van der Waals surface area contributed by atoms with Gasteiger partial charge in [-0.15, -0.1) is 0 Å². The molecule has 0 aliphatic rings. The van der Waals surface area contributed by atoms with E-state index in [1.54, 1.807) is 0 Å². The Bertz CT molecular complexity index is 361. The number of hydrogen-bond acceptors (Lipinski definition) is 3. The molecule has 1 aromatic heterocycles. The highest BCUT2D eigenvalue weighted by molar-refractivity contribution is 5.03. The Morgan fingerprint density at radius 2 is 2.05 bits per heavy atom. The Balaban J connectivity index is 2.64. The first kappa shape index (κ1) is 17.2. The molecule has 20 heavy (non-hydrogen) atoms. The van der Waals surface area contributed by atoms with Gasteiger partial charge in [0, 0.05) is 37.4 Å². The predicted molar refractivity (Wildman–Crippen MR) is 85.7 cm³/mol. The van der Waals surface area contributed by atoms with Crippen molar-refractivity contribution in [1.82, 2.24) is 20.0 Å². The molecule has 1 N–H and O–H groups in total. The Morgan fingerprint density at radius 1 is 1.30 bits per heavy atom. The Kier molecular flexibility index (Phi) is 7.85. The van der Waals surface area contributed by atoms with E-state index in [1.807, 2.05) is 17.9 Å². The van der Waals surface area contributed by atoms with Crippen LogP contribution in [0.3, 0.4) is 0 Å². The molecule has 0 bridgehead atoms. The molecule has 0 saturated heterocycles. The Morgan fingerprint density at radius 3 is 2.55 bits per heavy atom. The van der Waals surface area contributed by atoms with E-state index in [0.29, 0.717) is 12.1 Å². The van der Waals surface area contributed by atoms with Crippen LogP contribution >= 0.6 is 0 Å². The van der Waals surface area contributed by atoms with Crippen LogP contribution in [0.25, 0.3) is 0 Å². The quantitative estimate of drug-likeness (QED) is 0.715. The van der Waals surface area contributed by atoms with E-state index in [2.05, 4.69) is 49.3 Å². The molecule has 0 aliphatic heterocycles. The summed E-state index contributed by atoms with van der Waals surface area (Å²) in [6, 6.07) is 1.17. The molecule has 0 aromatic carbocycles. The van der Waals surface area contributed by atoms with Gasteiger partial charge in [0.15, 0.2) is 0 Å². The number of likely N-dealkylation sites (N-methyl/N-ethyl adjacent to an activating group) is 1. The van der Waals surface area contributed by atoms with E-state index in [1.165, 1.54) is 31.2 Å². The zero-order valence-corrected chi connectivity index (χ0v) is 13.9. The lowest BCUT2D eigenvalue weighted by atomic mass is 9.99. The second kappa shape index (κ2) is 9.14. The first-order valence-electron chi connectivity index (χ1n) is 8.03. The molecular weight excluding hydrogens is 248 g/mol. The van der Waals surface area contributed by atoms with E-state index in [-0.39, 0.29) is 0 Å². The van der Waals surface area contributed by atoms with Crippen LogP contribution in [-0.2, 0) is 13.6 Å². The largest absolute Gasteiger partial charge is 0.312 e. The van der Waals surface area contributed by atoms with Gasteiger partial charge in [0.05, 0.1) is 6.20 Å². The summed E-state index contributed by atoms with van der Waals surface area (Å²) in [6.45, 7) is 8.88. The van der Waals surface area contributed by atoms with E-state index in [9.17, 15) is 0 Å². The summed E-state index contributed by atoms with van der Waals surface area (Å²) in [6.07, 6.45) is 8.94. The van der Waals surface area contributed by atoms with Crippen LogP contribution in [-0.4, -0.2) is 40.4 Å². The van der Waals surface area contributed by atoms with Gasteiger partial charge in [-0.2, -0.15) is 5.10 Å². The van der Waals surface area contributed by atoms with Crippen molar-refractivity contribution in [1.29, 1.82) is 0 Å². The third-order valence-corrected chi connectivity index (χ3v) is 3.90. The minimum atomic E-state index is 0.585. The fourth-order valence-corrected chi connectivity index (χ4v) is 2.93.